The first-order valence-electron chi connectivity index (χ1n) is 12.9. The first-order valence-corrected chi connectivity index (χ1v) is 12.9. The molecule has 15 nitrogen and oxygen atoms in total. The number of hydrogen-bond acceptors (Lipinski definition) is 15. The van der Waals surface area contributed by atoms with E-state index >= 15 is 0 Å². The van der Waals surface area contributed by atoms with Crippen molar-refractivity contribution in [2.24, 2.45) is 0 Å². The van der Waals surface area contributed by atoms with Crippen molar-refractivity contribution in [1.29, 1.82) is 0 Å². The van der Waals surface area contributed by atoms with Gasteiger partial charge < -0.3 is 69.3 Å². The summed E-state index contributed by atoms with van der Waals surface area (Å²) in [6, 6.07) is 7.53. The highest BCUT2D eigenvalue weighted by Gasteiger charge is 2.46. The number of ether oxygens (including phenoxy) is 4. The summed E-state index contributed by atoms with van der Waals surface area (Å²) in [6.07, 6.45) is -15.5. The van der Waals surface area contributed by atoms with Crippen LogP contribution in [0.15, 0.2) is 45.6 Å². The number of rotatable bonds is 6. The maximum absolute atomic E-state index is 13.7. The number of phenolic OH excluding ortho intramolecular Hbond substituents is 2. The van der Waals surface area contributed by atoms with E-state index in [1.165, 1.54) is 37.3 Å². The van der Waals surface area contributed by atoms with Gasteiger partial charge in [0.2, 0.25) is 23.8 Å². The molecular formula is C27H30O15. The number of fused-ring (bicyclic) bond motifs is 1. The molecule has 3 aromatic rings. The van der Waals surface area contributed by atoms with Crippen molar-refractivity contribution in [1.82, 2.24) is 0 Å². The molecule has 0 amide bonds. The van der Waals surface area contributed by atoms with Crippen LogP contribution in [0.5, 0.6) is 23.0 Å². The molecule has 2 saturated heterocycles. The fraction of sp³-hybridized carbons (Fsp3) is 0.444. The number of benzene rings is 2. The second-order valence-electron chi connectivity index (χ2n) is 10.1. The number of hydrogen-bond donors (Lipinski definition) is 9. The zero-order valence-corrected chi connectivity index (χ0v) is 21.9. The standard InChI is InChI=1S/C27H30O15/c1-9-17(31)20(34)22(36)26(38-9)39-12-6-13(30)16-14(7-12)40-24(10-2-4-11(29)5-3-10)25(19(16)33)42-27-23(37)21(35)18(32)15(8-28)41-27/h2-7,9,15,17-18,20-23,26-32,34-37H,8H2,1H3/t9-,15+,17+,18+,20-,21+,22+,23+,26+,27+/m0/s1. The van der Waals surface area contributed by atoms with E-state index in [1.807, 2.05) is 0 Å². The minimum Gasteiger partial charge on any atom is -0.508 e. The van der Waals surface area contributed by atoms with Crippen molar-refractivity contribution in [2.45, 2.75) is 68.3 Å². The maximum atomic E-state index is 13.7. The van der Waals surface area contributed by atoms with Crippen molar-refractivity contribution in [2.75, 3.05) is 6.61 Å². The molecule has 3 heterocycles. The highest BCUT2D eigenvalue weighted by Crippen LogP contribution is 2.38. The van der Waals surface area contributed by atoms with Crippen LogP contribution in [0.3, 0.4) is 0 Å². The monoisotopic (exact) mass is 594 g/mol. The summed E-state index contributed by atoms with van der Waals surface area (Å²) in [5, 5.41) is 90.7. The number of aliphatic hydroxyl groups is 7. The average Bonchev–Trinajstić information content (AvgIpc) is 2.96. The lowest BCUT2D eigenvalue weighted by molar-refractivity contribution is -0.277. The van der Waals surface area contributed by atoms with Crippen LogP contribution >= 0.6 is 0 Å². The third-order valence-corrected chi connectivity index (χ3v) is 7.18. The van der Waals surface area contributed by atoms with Crippen LogP contribution < -0.4 is 14.9 Å². The van der Waals surface area contributed by atoms with Crippen LogP contribution in [0.25, 0.3) is 22.3 Å². The Balaban J connectivity index is 1.58. The van der Waals surface area contributed by atoms with Gasteiger partial charge in [0, 0.05) is 17.7 Å². The van der Waals surface area contributed by atoms with Gasteiger partial charge in [-0.1, -0.05) is 0 Å². The Morgan fingerprint density at radius 2 is 1.40 bits per heavy atom. The van der Waals surface area contributed by atoms with Gasteiger partial charge >= 0.3 is 0 Å². The summed E-state index contributed by atoms with van der Waals surface area (Å²) >= 11 is 0. The predicted octanol–water partition coefficient (Wildman–Crippen LogP) is -1.74. The predicted molar refractivity (Wildman–Crippen MR) is 139 cm³/mol. The Kier molecular flexibility index (Phi) is 8.30. The molecule has 0 saturated carbocycles. The molecule has 2 fully saturated rings. The Labute approximate surface area is 236 Å². The lowest BCUT2D eigenvalue weighted by atomic mass is 9.99. The van der Waals surface area contributed by atoms with E-state index in [0.717, 1.165) is 6.07 Å². The SMILES string of the molecule is C[C@@H]1O[C@H](Oc2cc(O)c3c(=O)c(O[C@H]4O[C@H](CO)[C@@H](O)[C@@H](O)[C@H]4O)c(-c4ccc(O)cc4)oc3c2)[C@H](O)[C@@H](O)[C@@H]1O. The van der Waals surface area contributed by atoms with E-state index in [4.69, 9.17) is 23.4 Å². The zero-order valence-electron chi connectivity index (χ0n) is 21.9. The third kappa shape index (κ3) is 5.37. The van der Waals surface area contributed by atoms with Crippen LogP contribution in [0.4, 0.5) is 0 Å². The zero-order chi connectivity index (χ0) is 30.5. The first kappa shape index (κ1) is 30.0. The molecule has 0 radical (unpaired) electrons. The Morgan fingerprint density at radius 3 is 2.05 bits per heavy atom. The summed E-state index contributed by atoms with van der Waals surface area (Å²) < 4.78 is 28.0. The lowest BCUT2D eigenvalue weighted by Crippen LogP contribution is -2.60. The molecule has 228 valence electrons. The smallest absolute Gasteiger partial charge is 0.239 e. The Bertz CT molecular complexity index is 1470. The molecule has 0 unspecified atom stereocenters. The molecule has 0 bridgehead atoms. The molecule has 0 aliphatic carbocycles. The summed E-state index contributed by atoms with van der Waals surface area (Å²) in [5.74, 6) is -1.77. The van der Waals surface area contributed by atoms with Crippen LogP contribution in [0.1, 0.15) is 6.92 Å². The van der Waals surface area contributed by atoms with Gasteiger partial charge in [0.05, 0.1) is 12.7 Å². The van der Waals surface area contributed by atoms with Crippen LogP contribution in [0, 0.1) is 0 Å². The van der Waals surface area contributed by atoms with Crippen LogP contribution in [-0.4, -0.2) is 114 Å². The maximum Gasteiger partial charge on any atom is 0.239 e. The molecular weight excluding hydrogens is 564 g/mol. The van der Waals surface area contributed by atoms with Gasteiger partial charge in [-0.2, -0.15) is 0 Å². The Morgan fingerprint density at radius 1 is 0.786 bits per heavy atom. The quantitative estimate of drug-likeness (QED) is 0.154. The van der Waals surface area contributed by atoms with Gasteiger partial charge in [-0.05, 0) is 31.2 Å². The molecule has 2 aliphatic heterocycles. The molecule has 15 heteroatoms. The third-order valence-electron chi connectivity index (χ3n) is 7.18. The van der Waals surface area contributed by atoms with Crippen molar-refractivity contribution in [3.05, 3.63) is 46.6 Å². The van der Waals surface area contributed by atoms with Crippen molar-refractivity contribution in [3.8, 4) is 34.3 Å². The van der Waals surface area contributed by atoms with E-state index in [-0.39, 0.29) is 28.4 Å². The second-order valence-corrected chi connectivity index (χ2v) is 10.1. The van der Waals surface area contributed by atoms with E-state index in [0.29, 0.717) is 0 Å². The van der Waals surface area contributed by atoms with E-state index in [9.17, 15) is 50.8 Å². The van der Waals surface area contributed by atoms with Crippen molar-refractivity contribution < 1.29 is 69.3 Å². The van der Waals surface area contributed by atoms with Gasteiger partial charge in [-0.25, -0.2) is 0 Å². The Hall–Kier alpha value is -3.51. The molecule has 9 N–H and O–H groups in total. The number of aliphatic hydroxyl groups excluding tert-OH is 7. The van der Waals surface area contributed by atoms with Gasteiger partial charge in [0.15, 0.2) is 5.76 Å². The van der Waals surface area contributed by atoms with E-state index < -0.39 is 90.3 Å². The number of phenols is 2. The van der Waals surface area contributed by atoms with Gasteiger partial charge in [0.1, 0.15) is 70.9 Å². The molecule has 2 aliphatic rings. The number of aromatic hydroxyl groups is 2. The summed E-state index contributed by atoms with van der Waals surface area (Å²) in [7, 11) is 0. The molecule has 10 atom stereocenters. The highest BCUT2D eigenvalue weighted by atomic mass is 16.7. The normalized spacial score (nSPS) is 33.4. The minimum atomic E-state index is -1.87. The van der Waals surface area contributed by atoms with Gasteiger partial charge in [-0.15, -0.1) is 0 Å². The summed E-state index contributed by atoms with van der Waals surface area (Å²) in [6.45, 7) is 0.702. The highest BCUT2D eigenvalue weighted by molar-refractivity contribution is 5.88. The summed E-state index contributed by atoms with van der Waals surface area (Å²) in [5.41, 5.74) is -1.01. The van der Waals surface area contributed by atoms with Gasteiger partial charge in [-0.3, -0.25) is 4.79 Å². The average molecular weight is 595 g/mol. The molecule has 1 aromatic heterocycles. The van der Waals surface area contributed by atoms with E-state index in [2.05, 4.69) is 0 Å². The topological polar surface area (TPSA) is 249 Å². The van der Waals surface area contributed by atoms with Crippen LogP contribution in [0.2, 0.25) is 0 Å². The fourth-order valence-corrected chi connectivity index (χ4v) is 4.76. The van der Waals surface area contributed by atoms with E-state index in [1.54, 1.807) is 0 Å². The van der Waals surface area contributed by atoms with Crippen LogP contribution in [-0.2, 0) is 9.47 Å². The van der Waals surface area contributed by atoms with Crippen molar-refractivity contribution in [3.63, 3.8) is 0 Å². The second kappa shape index (κ2) is 11.6. The molecule has 42 heavy (non-hydrogen) atoms. The summed E-state index contributed by atoms with van der Waals surface area (Å²) in [4.78, 5) is 13.7. The first-order chi connectivity index (χ1) is 19.9. The molecule has 5 rings (SSSR count). The molecule has 0 spiro atoms. The fourth-order valence-electron chi connectivity index (χ4n) is 4.76. The lowest BCUT2D eigenvalue weighted by Gasteiger charge is -2.39. The van der Waals surface area contributed by atoms with Crippen molar-refractivity contribution >= 4 is 11.0 Å². The van der Waals surface area contributed by atoms with Gasteiger partial charge in [0.25, 0.3) is 0 Å². The minimum absolute atomic E-state index is 0.112. The largest absolute Gasteiger partial charge is 0.508 e. The molecule has 2 aromatic carbocycles.